The molecule has 23 heavy (non-hydrogen) atoms. The molecule has 0 aromatic carbocycles. The summed E-state index contributed by atoms with van der Waals surface area (Å²) in [4.78, 5) is 34.6. The minimum atomic E-state index is -1.08. The Morgan fingerprint density at radius 1 is 1.48 bits per heavy atom. The van der Waals surface area contributed by atoms with Crippen molar-refractivity contribution in [1.82, 2.24) is 14.7 Å². The van der Waals surface area contributed by atoms with Gasteiger partial charge in [-0.15, -0.1) is 0 Å². The molecule has 10 nitrogen and oxygen atoms in total. The van der Waals surface area contributed by atoms with Crippen molar-refractivity contribution in [3.63, 3.8) is 0 Å². The van der Waals surface area contributed by atoms with Crippen LogP contribution in [-0.4, -0.2) is 55.5 Å². The highest BCUT2D eigenvalue weighted by molar-refractivity contribution is 5.72. The molecular weight excluding hydrogens is 308 g/mol. The lowest BCUT2D eigenvalue weighted by molar-refractivity contribution is -0.385. The highest BCUT2D eigenvalue weighted by Crippen LogP contribution is 2.34. The van der Waals surface area contributed by atoms with Crippen molar-refractivity contribution in [2.75, 3.05) is 13.1 Å². The lowest BCUT2D eigenvalue weighted by Crippen LogP contribution is -2.65. The summed E-state index contributed by atoms with van der Waals surface area (Å²) in [6.07, 6.45) is 1.38. The Kier molecular flexibility index (Phi) is 4.01. The van der Waals surface area contributed by atoms with Gasteiger partial charge in [-0.2, -0.15) is 5.10 Å². The fraction of sp³-hybridized carbons (Fsp3) is 0.615. The topological polar surface area (TPSA) is 128 Å². The number of carbonyl (C=O) groups excluding carboxylic acids is 1. The number of aromatic nitrogens is 2. The van der Waals surface area contributed by atoms with Crippen LogP contribution in [0.2, 0.25) is 0 Å². The van der Waals surface area contributed by atoms with Crippen molar-refractivity contribution in [1.29, 1.82) is 0 Å². The molecular formula is C13H18N4O6. The zero-order valence-electron chi connectivity index (χ0n) is 13.1. The Labute approximate surface area is 131 Å². The third kappa shape index (κ3) is 3.58. The fourth-order valence-electron chi connectivity index (χ4n) is 2.41. The fourth-order valence-corrected chi connectivity index (χ4v) is 2.41. The molecule has 0 radical (unpaired) electrons. The first-order chi connectivity index (χ1) is 10.5. The van der Waals surface area contributed by atoms with Crippen molar-refractivity contribution in [2.45, 2.75) is 38.3 Å². The third-order valence-corrected chi connectivity index (χ3v) is 3.37. The predicted octanol–water partition coefficient (Wildman–Crippen LogP) is 1.21. The Morgan fingerprint density at radius 3 is 2.52 bits per heavy atom. The first-order valence-electron chi connectivity index (χ1n) is 6.92. The molecule has 1 amide bonds. The van der Waals surface area contributed by atoms with E-state index in [2.05, 4.69) is 5.10 Å². The molecule has 1 aliphatic rings. The molecule has 1 N–H and O–H groups in total. The van der Waals surface area contributed by atoms with Gasteiger partial charge >= 0.3 is 17.7 Å². The van der Waals surface area contributed by atoms with E-state index in [9.17, 15) is 19.7 Å². The van der Waals surface area contributed by atoms with Crippen molar-refractivity contribution in [2.24, 2.45) is 0 Å². The van der Waals surface area contributed by atoms with E-state index >= 15 is 0 Å². The number of amides is 1. The SMILES string of the molecule is CC(C)(C)OC(=O)N1CC(CC(=O)O)(n2cc([N+](=O)[O-])cn2)C1. The average molecular weight is 326 g/mol. The Morgan fingerprint density at radius 2 is 2.09 bits per heavy atom. The summed E-state index contributed by atoms with van der Waals surface area (Å²) in [5, 5.41) is 23.7. The number of nitro groups is 1. The first kappa shape index (κ1) is 16.7. The average Bonchev–Trinajstić information content (AvgIpc) is 2.80. The predicted molar refractivity (Wildman–Crippen MR) is 76.9 cm³/mol. The maximum Gasteiger partial charge on any atom is 0.410 e. The molecule has 126 valence electrons. The van der Waals surface area contributed by atoms with E-state index in [-0.39, 0.29) is 25.2 Å². The van der Waals surface area contributed by atoms with Gasteiger partial charge in [0.2, 0.25) is 0 Å². The Hall–Kier alpha value is -2.65. The van der Waals surface area contributed by atoms with Crippen LogP contribution < -0.4 is 0 Å². The monoisotopic (exact) mass is 326 g/mol. The molecule has 2 rings (SSSR count). The van der Waals surface area contributed by atoms with Crippen LogP contribution >= 0.6 is 0 Å². The summed E-state index contributed by atoms with van der Waals surface area (Å²) in [6.45, 7) is 5.31. The quantitative estimate of drug-likeness (QED) is 0.650. The normalized spacial score (nSPS) is 16.6. The van der Waals surface area contributed by atoms with Crippen LogP contribution in [0.5, 0.6) is 0 Å². The number of rotatable bonds is 4. The highest BCUT2D eigenvalue weighted by atomic mass is 16.6. The number of carboxylic acid groups (broad SMARTS) is 1. The maximum atomic E-state index is 12.0. The van der Waals surface area contributed by atoms with E-state index in [1.807, 2.05) is 0 Å². The van der Waals surface area contributed by atoms with E-state index in [1.54, 1.807) is 20.8 Å². The van der Waals surface area contributed by atoms with Gasteiger partial charge in [-0.3, -0.25) is 19.6 Å². The summed E-state index contributed by atoms with van der Waals surface area (Å²) in [5.41, 5.74) is -1.89. The van der Waals surface area contributed by atoms with E-state index < -0.39 is 28.1 Å². The number of aliphatic carboxylic acids is 1. The maximum absolute atomic E-state index is 12.0. The molecule has 1 aromatic heterocycles. The number of likely N-dealkylation sites (tertiary alicyclic amines) is 1. The van der Waals surface area contributed by atoms with Gasteiger partial charge in [-0.25, -0.2) is 4.79 Å². The number of carbonyl (C=O) groups is 2. The van der Waals surface area contributed by atoms with Crippen LogP contribution in [0.4, 0.5) is 10.5 Å². The van der Waals surface area contributed by atoms with E-state index in [0.29, 0.717) is 0 Å². The van der Waals surface area contributed by atoms with E-state index in [1.165, 1.54) is 15.8 Å². The second-order valence-corrected chi connectivity index (χ2v) is 6.53. The molecule has 10 heteroatoms. The van der Waals surface area contributed by atoms with Crippen LogP contribution in [0.3, 0.4) is 0 Å². The summed E-state index contributed by atoms with van der Waals surface area (Å²) in [6, 6.07) is 0. The van der Waals surface area contributed by atoms with Gasteiger partial charge in [0, 0.05) is 0 Å². The zero-order valence-corrected chi connectivity index (χ0v) is 13.1. The largest absolute Gasteiger partial charge is 0.481 e. The number of ether oxygens (including phenoxy) is 1. The lowest BCUT2D eigenvalue weighted by Gasteiger charge is -2.48. The molecule has 0 saturated carbocycles. The van der Waals surface area contributed by atoms with Crippen molar-refractivity contribution < 1.29 is 24.4 Å². The molecule has 1 aliphatic heterocycles. The van der Waals surface area contributed by atoms with Crippen molar-refractivity contribution in [3.8, 4) is 0 Å². The Bertz CT molecular complexity index is 641. The molecule has 0 aliphatic carbocycles. The number of hydrogen-bond donors (Lipinski definition) is 1. The minimum absolute atomic E-state index is 0.0625. The van der Waals surface area contributed by atoms with Crippen LogP contribution in [-0.2, 0) is 15.1 Å². The molecule has 1 fully saturated rings. The third-order valence-electron chi connectivity index (χ3n) is 3.37. The van der Waals surface area contributed by atoms with Gasteiger partial charge < -0.3 is 14.7 Å². The van der Waals surface area contributed by atoms with E-state index in [0.717, 1.165) is 6.20 Å². The van der Waals surface area contributed by atoms with Crippen molar-refractivity contribution in [3.05, 3.63) is 22.5 Å². The molecule has 1 saturated heterocycles. The smallest absolute Gasteiger partial charge is 0.410 e. The summed E-state index contributed by atoms with van der Waals surface area (Å²) in [5.74, 6) is -1.08. The van der Waals surface area contributed by atoms with Gasteiger partial charge in [0.15, 0.2) is 0 Å². The van der Waals surface area contributed by atoms with Gasteiger partial charge in [0.25, 0.3) is 0 Å². The van der Waals surface area contributed by atoms with Crippen LogP contribution in [0.15, 0.2) is 12.4 Å². The number of nitrogens with zero attached hydrogens (tertiary/aromatic N) is 4. The molecule has 0 atom stereocenters. The number of carboxylic acids is 1. The summed E-state index contributed by atoms with van der Waals surface area (Å²) >= 11 is 0. The molecule has 0 bridgehead atoms. The highest BCUT2D eigenvalue weighted by Gasteiger charge is 2.50. The minimum Gasteiger partial charge on any atom is -0.481 e. The van der Waals surface area contributed by atoms with Crippen LogP contribution in [0.25, 0.3) is 0 Å². The van der Waals surface area contributed by atoms with Gasteiger partial charge in [-0.05, 0) is 20.8 Å². The second-order valence-electron chi connectivity index (χ2n) is 6.53. The first-order valence-corrected chi connectivity index (χ1v) is 6.92. The summed E-state index contributed by atoms with van der Waals surface area (Å²) < 4.78 is 6.47. The summed E-state index contributed by atoms with van der Waals surface area (Å²) in [7, 11) is 0. The van der Waals surface area contributed by atoms with Crippen LogP contribution in [0.1, 0.15) is 27.2 Å². The number of hydrogen-bond acceptors (Lipinski definition) is 6. The van der Waals surface area contributed by atoms with Crippen molar-refractivity contribution >= 4 is 17.7 Å². The standard InChI is InChI=1S/C13H18N4O6/c1-12(2,3)23-11(20)15-7-13(8-15,4-10(18)19)16-6-9(5-14-16)17(21)22/h5-6H,4,7-8H2,1-3H3,(H,18,19). The second kappa shape index (κ2) is 5.52. The molecule has 0 spiro atoms. The van der Waals surface area contributed by atoms with Crippen LogP contribution in [0, 0.1) is 10.1 Å². The van der Waals surface area contributed by atoms with Gasteiger partial charge in [0.1, 0.15) is 23.5 Å². The Balaban J connectivity index is 2.16. The van der Waals surface area contributed by atoms with Gasteiger partial charge in [0.05, 0.1) is 24.4 Å². The zero-order chi connectivity index (χ0) is 17.4. The molecule has 1 aromatic rings. The van der Waals surface area contributed by atoms with E-state index in [4.69, 9.17) is 9.84 Å². The lowest BCUT2D eigenvalue weighted by atomic mass is 9.86. The van der Waals surface area contributed by atoms with Gasteiger partial charge in [-0.1, -0.05) is 0 Å². The molecule has 0 unspecified atom stereocenters. The molecule has 2 heterocycles.